The lowest BCUT2D eigenvalue weighted by Crippen LogP contribution is -2.12. The molecule has 0 saturated heterocycles. The summed E-state index contributed by atoms with van der Waals surface area (Å²) in [6.45, 7) is 3.90. The molecule has 0 bridgehead atoms. The molecule has 2 rings (SSSR count). The van der Waals surface area contributed by atoms with Crippen molar-refractivity contribution >= 4 is 23.2 Å². The fourth-order valence-electron chi connectivity index (χ4n) is 1.86. The molecule has 1 N–H and O–H groups in total. The van der Waals surface area contributed by atoms with Gasteiger partial charge in [-0.3, -0.25) is 4.79 Å². The maximum Gasteiger partial charge on any atom is 0.255 e. The van der Waals surface area contributed by atoms with E-state index in [0.717, 1.165) is 11.3 Å². The predicted molar refractivity (Wildman–Crippen MR) is 86.2 cm³/mol. The molecule has 0 fully saturated rings. The molecule has 0 aromatic heterocycles. The van der Waals surface area contributed by atoms with Gasteiger partial charge in [-0.05, 0) is 49.7 Å². The van der Waals surface area contributed by atoms with Crippen molar-refractivity contribution in [2.24, 2.45) is 0 Å². The second-order valence-corrected chi connectivity index (χ2v) is 5.25. The van der Waals surface area contributed by atoms with E-state index in [1.165, 1.54) is 0 Å². The topological polar surface area (TPSA) is 38.3 Å². The summed E-state index contributed by atoms with van der Waals surface area (Å²) in [5.74, 6) is 0.987. The number of alkyl halides is 1. The van der Waals surface area contributed by atoms with Gasteiger partial charge in [0.2, 0.25) is 0 Å². The average Bonchev–Trinajstić information content (AvgIpc) is 2.47. The minimum Gasteiger partial charge on any atom is -0.491 e. The zero-order valence-electron chi connectivity index (χ0n) is 12.1. The van der Waals surface area contributed by atoms with Crippen LogP contribution in [-0.4, -0.2) is 12.0 Å². The second kappa shape index (κ2) is 7.14. The highest BCUT2D eigenvalue weighted by Gasteiger charge is 2.08. The third kappa shape index (κ3) is 4.50. The fraction of sp³-hybridized carbons (Fsp3) is 0.235. The van der Waals surface area contributed by atoms with Crippen molar-refractivity contribution in [1.29, 1.82) is 0 Å². The number of carbonyl (C=O) groups excluding carboxylic acids is 1. The Labute approximate surface area is 129 Å². The Morgan fingerprint density at radius 3 is 2.52 bits per heavy atom. The molecule has 21 heavy (non-hydrogen) atoms. The van der Waals surface area contributed by atoms with Crippen LogP contribution in [0.15, 0.2) is 48.5 Å². The molecule has 0 atom stereocenters. The van der Waals surface area contributed by atoms with Gasteiger partial charge in [0, 0.05) is 17.1 Å². The molecular weight excluding hydrogens is 286 g/mol. The highest BCUT2D eigenvalue weighted by atomic mass is 35.5. The number of ether oxygens (including phenoxy) is 1. The summed E-state index contributed by atoms with van der Waals surface area (Å²) < 4.78 is 5.59. The first-order valence-electron chi connectivity index (χ1n) is 6.81. The molecular formula is C17H18ClNO2. The summed E-state index contributed by atoms with van der Waals surface area (Å²) >= 11 is 5.74. The molecule has 0 spiro atoms. The van der Waals surface area contributed by atoms with Gasteiger partial charge in [-0.25, -0.2) is 0 Å². The van der Waals surface area contributed by atoms with Crippen molar-refractivity contribution < 1.29 is 9.53 Å². The SMILES string of the molecule is CC(C)Oc1cccc(C(=O)Nc2ccc(CCl)cc2)c1. The number of carbonyl (C=O) groups is 1. The number of hydrogen-bond acceptors (Lipinski definition) is 2. The quantitative estimate of drug-likeness (QED) is 0.828. The molecule has 2 aromatic carbocycles. The maximum atomic E-state index is 12.2. The van der Waals surface area contributed by atoms with Crippen LogP contribution >= 0.6 is 11.6 Å². The Balaban J connectivity index is 2.08. The molecule has 110 valence electrons. The minimum absolute atomic E-state index is 0.0754. The molecule has 0 heterocycles. The van der Waals surface area contributed by atoms with Crippen molar-refractivity contribution in [2.45, 2.75) is 25.8 Å². The van der Waals surface area contributed by atoms with E-state index < -0.39 is 0 Å². The van der Waals surface area contributed by atoms with Gasteiger partial charge in [0.25, 0.3) is 5.91 Å². The van der Waals surface area contributed by atoms with Crippen LogP contribution in [0.3, 0.4) is 0 Å². The van der Waals surface area contributed by atoms with Gasteiger partial charge >= 0.3 is 0 Å². The van der Waals surface area contributed by atoms with Crippen molar-refractivity contribution in [3.63, 3.8) is 0 Å². The van der Waals surface area contributed by atoms with E-state index in [-0.39, 0.29) is 12.0 Å². The van der Waals surface area contributed by atoms with E-state index in [4.69, 9.17) is 16.3 Å². The monoisotopic (exact) mass is 303 g/mol. The van der Waals surface area contributed by atoms with Crippen LogP contribution in [0.5, 0.6) is 5.75 Å². The van der Waals surface area contributed by atoms with Gasteiger partial charge in [0.05, 0.1) is 6.10 Å². The lowest BCUT2D eigenvalue weighted by atomic mass is 10.2. The van der Waals surface area contributed by atoms with E-state index >= 15 is 0 Å². The number of hydrogen-bond donors (Lipinski definition) is 1. The Hall–Kier alpha value is -2.00. The number of anilines is 1. The summed E-state index contributed by atoms with van der Waals surface area (Å²) in [4.78, 5) is 12.2. The van der Waals surface area contributed by atoms with Crippen LogP contribution in [0, 0.1) is 0 Å². The highest BCUT2D eigenvalue weighted by Crippen LogP contribution is 2.17. The Bertz CT molecular complexity index is 608. The van der Waals surface area contributed by atoms with E-state index in [1.807, 2.05) is 50.2 Å². The maximum absolute atomic E-state index is 12.2. The van der Waals surface area contributed by atoms with Crippen LogP contribution in [0.4, 0.5) is 5.69 Å². The first-order chi connectivity index (χ1) is 10.1. The molecule has 0 saturated carbocycles. The van der Waals surface area contributed by atoms with E-state index in [1.54, 1.807) is 12.1 Å². The van der Waals surface area contributed by atoms with Gasteiger partial charge in [-0.1, -0.05) is 18.2 Å². The van der Waals surface area contributed by atoms with Gasteiger partial charge < -0.3 is 10.1 Å². The predicted octanol–water partition coefficient (Wildman–Crippen LogP) is 4.46. The molecule has 4 heteroatoms. The van der Waals surface area contributed by atoms with Crippen molar-refractivity contribution in [3.8, 4) is 5.75 Å². The van der Waals surface area contributed by atoms with Gasteiger partial charge in [0.1, 0.15) is 5.75 Å². The molecule has 0 aliphatic heterocycles. The zero-order valence-corrected chi connectivity index (χ0v) is 12.9. The zero-order chi connectivity index (χ0) is 15.2. The summed E-state index contributed by atoms with van der Waals surface area (Å²) in [5, 5.41) is 2.85. The van der Waals surface area contributed by atoms with E-state index in [9.17, 15) is 4.79 Å². The number of benzene rings is 2. The second-order valence-electron chi connectivity index (χ2n) is 4.98. The summed E-state index contributed by atoms with van der Waals surface area (Å²) in [5.41, 5.74) is 2.32. The Morgan fingerprint density at radius 1 is 1.19 bits per heavy atom. The molecule has 1 amide bonds. The van der Waals surface area contributed by atoms with Gasteiger partial charge in [-0.15, -0.1) is 11.6 Å². The van der Waals surface area contributed by atoms with Crippen LogP contribution < -0.4 is 10.1 Å². The normalized spacial score (nSPS) is 10.5. The third-order valence-electron chi connectivity index (χ3n) is 2.83. The van der Waals surface area contributed by atoms with Gasteiger partial charge in [-0.2, -0.15) is 0 Å². The van der Waals surface area contributed by atoms with Crippen LogP contribution in [0.2, 0.25) is 0 Å². The van der Waals surface area contributed by atoms with Crippen LogP contribution in [0.25, 0.3) is 0 Å². The molecule has 0 unspecified atom stereocenters. The summed E-state index contributed by atoms with van der Waals surface area (Å²) in [6.07, 6.45) is 0.0754. The summed E-state index contributed by atoms with van der Waals surface area (Å²) in [7, 11) is 0. The van der Waals surface area contributed by atoms with E-state index in [2.05, 4.69) is 5.32 Å². The van der Waals surface area contributed by atoms with Crippen molar-refractivity contribution in [3.05, 3.63) is 59.7 Å². The minimum atomic E-state index is -0.164. The molecule has 3 nitrogen and oxygen atoms in total. The smallest absolute Gasteiger partial charge is 0.255 e. The number of rotatable bonds is 5. The van der Waals surface area contributed by atoms with Crippen LogP contribution in [-0.2, 0) is 5.88 Å². The number of amides is 1. The molecule has 0 radical (unpaired) electrons. The molecule has 0 aliphatic carbocycles. The van der Waals surface area contributed by atoms with Gasteiger partial charge in [0.15, 0.2) is 0 Å². The lowest BCUT2D eigenvalue weighted by Gasteiger charge is -2.11. The first kappa shape index (κ1) is 15.4. The summed E-state index contributed by atoms with van der Waals surface area (Å²) in [6, 6.07) is 14.6. The average molecular weight is 304 g/mol. The Kier molecular flexibility index (Phi) is 5.23. The lowest BCUT2D eigenvalue weighted by molar-refractivity contribution is 0.102. The number of halogens is 1. The van der Waals surface area contributed by atoms with Crippen molar-refractivity contribution in [2.75, 3.05) is 5.32 Å². The Morgan fingerprint density at radius 2 is 1.90 bits per heavy atom. The fourth-order valence-corrected chi connectivity index (χ4v) is 2.04. The van der Waals surface area contributed by atoms with Crippen LogP contribution in [0.1, 0.15) is 29.8 Å². The largest absolute Gasteiger partial charge is 0.491 e. The molecule has 0 aliphatic rings. The standard InChI is InChI=1S/C17H18ClNO2/c1-12(2)21-16-5-3-4-14(10-16)17(20)19-15-8-6-13(11-18)7-9-15/h3-10,12H,11H2,1-2H3,(H,19,20). The highest BCUT2D eigenvalue weighted by molar-refractivity contribution is 6.17. The molecule has 2 aromatic rings. The van der Waals surface area contributed by atoms with E-state index in [0.29, 0.717) is 17.2 Å². The van der Waals surface area contributed by atoms with Crippen molar-refractivity contribution in [1.82, 2.24) is 0 Å². The first-order valence-corrected chi connectivity index (χ1v) is 7.35. The third-order valence-corrected chi connectivity index (χ3v) is 3.14. The number of nitrogens with one attached hydrogen (secondary N) is 1.